The second-order valence-electron chi connectivity index (χ2n) is 4.33. The molecule has 1 heteroatoms. The van der Waals surface area contributed by atoms with E-state index in [1.807, 2.05) is 0 Å². The van der Waals surface area contributed by atoms with Crippen LogP contribution >= 0.6 is 0 Å². The van der Waals surface area contributed by atoms with Crippen molar-refractivity contribution in [1.82, 2.24) is 5.32 Å². The fourth-order valence-corrected chi connectivity index (χ4v) is 1.78. The summed E-state index contributed by atoms with van der Waals surface area (Å²) in [7, 11) is 0. The monoisotopic (exact) mass is 153 g/mol. The Balaban J connectivity index is 1.59. The molecule has 0 aromatic heterocycles. The van der Waals surface area contributed by atoms with Gasteiger partial charge in [-0.1, -0.05) is 6.42 Å². The third-order valence-electron chi connectivity index (χ3n) is 3.28. The fraction of sp³-hybridized carbons (Fsp3) is 1.00. The number of hydrogen-bond acceptors (Lipinski definition) is 1. The summed E-state index contributed by atoms with van der Waals surface area (Å²) in [6, 6.07) is 0.796. The van der Waals surface area contributed by atoms with E-state index in [2.05, 4.69) is 12.2 Å². The molecule has 0 aromatic carbocycles. The van der Waals surface area contributed by atoms with Crippen molar-refractivity contribution in [1.29, 1.82) is 0 Å². The maximum atomic E-state index is 3.65. The maximum Gasteiger partial charge on any atom is 0.00671 e. The molecule has 0 saturated heterocycles. The molecule has 2 aliphatic rings. The number of hydrogen-bond donors (Lipinski definition) is 1. The standard InChI is InChI=1S/C10H19N/c1-8(10-3-2-4-10)11-7-9-5-6-9/h8-11H,2-7H2,1H3. The van der Waals surface area contributed by atoms with Gasteiger partial charge in [0.1, 0.15) is 0 Å². The minimum absolute atomic E-state index is 0.796. The molecule has 0 aromatic rings. The zero-order valence-corrected chi connectivity index (χ0v) is 7.47. The van der Waals surface area contributed by atoms with Crippen LogP contribution in [0, 0.1) is 11.8 Å². The van der Waals surface area contributed by atoms with Crippen LogP contribution in [0.5, 0.6) is 0 Å². The molecule has 2 aliphatic carbocycles. The molecule has 0 bridgehead atoms. The lowest BCUT2D eigenvalue weighted by Gasteiger charge is -2.32. The lowest BCUT2D eigenvalue weighted by molar-refractivity contribution is 0.240. The Kier molecular flexibility index (Phi) is 2.17. The highest BCUT2D eigenvalue weighted by Gasteiger charge is 2.26. The van der Waals surface area contributed by atoms with Crippen molar-refractivity contribution in [2.24, 2.45) is 11.8 Å². The van der Waals surface area contributed by atoms with Gasteiger partial charge in [-0.15, -0.1) is 0 Å². The molecule has 2 rings (SSSR count). The largest absolute Gasteiger partial charge is 0.314 e. The van der Waals surface area contributed by atoms with Crippen LogP contribution in [0.15, 0.2) is 0 Å². The van der Waals surface area contributed by atoms with E-state index in [0.29, 0.717) is 0 Å². The molecule has 0 spiro atoms. The molecule has 0 aliphatic heterocycles. The van der Waals surface area contributed by atoms with Crippen molar-refractivity contribution in [3.63, 3.8) is 0 Å². The first-order valence-corrected chi connectivity index (χ1v) is 5.09. The maximum absolute atomic E-state index is 3.65. The lowest BCUT2D eigenvalue weighted by Crippen LogP contribution is -2.37. The Labute approximate surface area is 69.6 Å². The van der Waals surface area contributed by atoms with Crippen molar-refractivity contribution in [2.45, 2.75) is 45.1 Å². The molecular formula is C10H19N. The summed E-state index contributed by atoms with van der Waals surface area (Å²) in [5.74, 6) is 2.05. The van der Waals surface area contributed by atoms with Gasteiger partial charge in [0.05, 0.1) is 0 Å². The van der Waals surface area contributed by atoms with E-state index in [9.17, 15) is 0 Å². The Morgan fingerprint density at radius 2 is 2.00 bits per heavy atom. The minimum atomic E-state index is 0.796. The zero-order chi connectivity index (χ0) is 7.68. The number of nitrogens with one attached hydrogen (secondary N) is 1. The van der Waals surface area contributed by atoms with Crippen LogP contribution in [-0.2, 0) is 0 Å². The van der Waals surface area contributed by atoms with E-state index in [4.69, 9.17) is 0 Å². The van der Waals surface area contributed by atoms with Crippen LogP contribution in [0.25, 0.3) is 0 Å². The van der Waals surface area contributed by atoms with Gasteiger partial charge in [-0.3, -0.25) is 0 Å². The summed E-state index contributed by atoms with van der Waals surface area (Å²) in [4.78, 5) is 0. The molecule has 2 fully saturated rings. The summed E-state index contributed by atoms with van der Waals surface area (Å²) in [5, 5.41) is 3.65. The molecule has 11 heavy (non-hydrogen) atoms. The average molecular weight is 153 g/mol. The Hall–Kier alpha value is -0.0400. The summed E-state index contributed by atoms with van der Waals surface area (Å²) in [6.45, 7) is 3.64. The molecular weight excluding hydrogens is 134 g/mol. The van der Waals surface area contributed by atoms with Crippen molar-refractivity contribution in [2.75, 3.05) is 6.54 Å². The third-order valence-corrected chi connectivity index (χ3v) is 3.28. The van der Waals surface area contributed by atoms with Crippen LogP contribution < -0.4 is 5.32 Å². The Morgan fingerprint density at radius 3 is 2.45 bits per heavy atom. The van der Waals surface area contributed by atoms with Gasteiger partial charge in [-0.2, -0.15) is 0 Å². The normalized spacial score (nSPS) is 28.1. The van der Waals surface area contributed by atoms with E-state index >= 15 is 0 Å². The van der Waals surface area contributed by atoms with Gasteiger partial charge in [0, 0.05) is 6.04 Å². The smallest absolute Gasteiger partial charge is 0.00671 e. The number of rotatable bonds is 4. The van der Waals surface area contributed by atoms with Gasteiger partial charge < -0.3 is 5.32 Å². The van der Waals surface area contributed by atoms with Gasteiger partial charge in [-0.25, -0.2) is 0 Å². The molecule has 64 valence electrons. The lowest BCUT2D eigenvalue weighted by atomic mass is 9.80. The van der Waals surface area contributed by atoms with Crippen LogP contribution in [0.1, 0.15) is 39.0 Å². The molecule has 0 amide bonds. The van der Waals surface area contributed by atoms with Gasteiger partial charge in [0.15, 0.2) is 0 Å². The fourth-order valence-electron chi connectivity index (χ4n) is 1.78. The quantitative estimate of drug-likeness (QED) is 0.652. The summed E-state index contributed by atoms with van der Waals surface area (Å²) >= 11 is 0. The SMILES string of the molecule is CC(NCC1CC1)C1CCC1. The van der Waals surface area contributed by atoms with Gasteiger partial charge in [-0.05, 0) is 51.0 Å². The van der Waals surface area contributed by atoms with Gasteiger partial charge in [0.2, 0.25) is 0 Å². The first-order valence-electron chi connectivity index (χ1n) is 5.09. The Bertz CT molecular complexity index is 125. The van der Waals surface area contributed by atoms with E-state index in [0.717, 1.165) is 17.9 Å². The summed E-state index contributed by atoms with van der Waals surface area (Å²) in [5.41, 5.74) is 0. The second-order valence-corrected chi connectivity index (χ2v) is 4.33. The molecule has 1 nitrogen and oxygen atoms in total. The molecule has 1 atom stereocenters. The molecule has 0 radical (unpaired) electrons. The molecule has 1 N–H and O–H groups in total. The Morgan fingerprint density at radius 1 is 1.27 bits per heavy atom. The average Bonchev–Trinajstić information content (AvgIpc) is 2.61. The van der Waals surface area contributed by atoms with E-state index in [-0.39, 0.29) is 0 Å². The second kappa shape index (κ2) is 3.14. The molecule has 0 heterocycles. The van der Waals surface area contributed by atoms with E-state index in [1.165, 1.54) is 38.6 Å². The predicted molar refractivity (Wildman–Crippen MR) is 47.5 cm³/mol. The van der Waals surface area contributed by atoms with E-state index < -0.39 is 0 Å². The first kappa shape index (κ1) is 7.60. The first-order chi connectivity index (χ1) is 5.36. The van der Waals surface area contributed by atoms with Crippen molar-refractivity contribution in [3.05, 3.63) is 0 Å². The molecule has 1 unspecified atom stereocenters. The highest BCUT2D eigenvalue weighted by atomic mass is 14.9. The highest BCUT2D eigenvalue weighted by Crippen LogP contribution is 2.31. The van der Waals surface area contributed by atoms with Crippen LogP contribution in [0.2, 0.25) is 0 Å². The van der Waals surface area contributed by atoms with Crippen LogP contribution in [-0.4, -0.2) is 12.6 Å². The topological polar surface area (TPSA) is 12.0 Å². The predicted octanol–water partition coefficient (Wildman–Crippen LogP) is 2.17. The molecule has 2 saturated carbocycles. The van der Waals surface area contributed by atoms with Crippen molar-refractivity contribution in [3.8, 4) is 0 Å². The van der Waals surface area contributed by atoms with Crippen molar-refractivity contribution >= 4 is 0 Å². The van der Waals surface area contributed by atoms with Crippen LogP contribution in [0.3, 0.4) is 0 Å². The third kappa shape index (κ3) is 1.96. The van der Waals surface area contributed by atoms with Gasteiger partial charge in [0.25, 0.3) is 0 Å². The van der Waals surface area contributed by atoms with E-state index in [1.54, 1.807) is 0 Å². The summed E-state index contributed by atoms with van der Waals surface area (Å²) < 4.78 is 0. The zero-order valence-electron chi connectivity index (χ0n) is 7.47. The minimum Gasteiger partial charge on any atom is -0.314 e. The van der Waals surface area contributed by atoms with Crippen molar-refractivity contribution < 1.29 is 0 Å². The highest BCUT2D eigenvalue weighted by molar-refractivity contribution is 4.82. The van der Waals surface area contributed by atoms with Crippen LogP contribution in [0.4, 0.5) is 0 Å². The summed E-state index contributed by atoms with van der Waals surface area (Å²) in [6.07, 6.45) is 7.37. The van der Waals surface area contributed by atoms with Gasteiger partial charge >= 0.3 is 0 Å².